The number of ether oxygens (including phenoxy) is 3. The molecule has 0 atom stereocenters. The minimum atomic E-state index is -0.610. The van der Waals surface area contributed by atoms with Crippen LogP contribution in [0.5, 0.6) is 11.5 Å². The van der Waals surface area contributed by atoms with Crippen LogP contribution in [0.2, 0.25) is 0 Å². The van der Waals surface area contributed by atoms with Gasteiger partial charge in [0.2, 0.25) is 0 Å². The molecule has 0 amide bonds. The summed E-state index contributed by atoms with van der Waals surface area (Å²) in [6.45, 7) is 4.69. The fourth-order valence-electron chi connectivity index (χ4n) is 2.67. The first-order chi connectivity index (χ1) is 14.6. The van der Waals surface area contributed by atoms with Crippen molar-refractivity contribution in [2.75, 3.05) is 13.2 Å². The smallest absolute Gasteiger partial charge is 0.332 e. The van der Waals surface area contributed by atoms with Gasteiger partial charge in [0, 0.05) is 6.08 Å². The van der Waals surface area contributed by atoms with Crippen molar-refractivity contribution in [1.82, 2.24) is 15.0 Å². The molecule has 0 aliphatic rings. The maximum Gasteiger partial charge on any atom is 0.332 e. The number of carbonyl (C=O) groups excluding carboxylic acids is 1. The molecule has 0 unspecified atom stereocenters. The molecule has 156 valence electrons. The van der Waals surface area contributed by atoms with Gasteiger partial charge in [-0.05, 0) is 49.2 Å². The largest absolute Gasteiger partial charge is 0.490 e. The number of esters is 1. The molecule has 1 aromatic heterocycles. The Labute approximate surface area is 173 Å². The number of carbonyl (C=O) groups is 1. The predicted molar refractivity (Wildman–Crippen MR) is 112 cm³/mol. The summed E-state index contributed by atoms with van der Waals surface area (Å²) >= 11 is 0. The summed E-state index contributed by atoms with van der Waals surface area (Å²) in [7, 11) is 0. The highest BCUT2D eigenvalue weighted by molar-refractivity contribution is 5.87. The van der Waals surface area contributed by atoms with Gasteiger partial charge in [-0.15, -0.1) is 5.10 Å². The maximum atomic E-state index is 12.4. The van der Waals surface area contributed by atoms with Crippen LogP contribution in [0.25, 0.3) is 17.0 Å². The Morgan fingerprint density at radius 2 is 1.93 bits per heavy atom. The molecule has 0 fully saturated rings. The van der Waals surface area contributed by atoms with Gasteiger partial charge in [-0.2, -0.15) is 4.68 Å². The third-order valence-corrected chi connectivity index (χ3v) is 4.10. The van der Waals surface area contributed by atoms with Gasteiger partial charge < -0.3 is 14.2 Å². The number of aromatic nitrogens is 3. The first kappa shape index (κ1) is 21.0. The lowest BCUT2D eigenvalue weighted by Gasteiger charge is -2.12. The molecule has 8 heteroatoms. The number of nitrogens with zero attached hydrogens (tertiary/aromatic N) is 3. The lowest BCUT2D eigenvalue weighted by Crippen LogP contribution is -2.26. The molecule has 0 saturated carbocycles. The highest BCUT2D eigenvalue weighted by Gasteiger charge is 2.08. The molecule has 0 N–H and O–H groups in total. The Hall–Kier alpha value is -3.68. The van der Waals surface area contributed by atoms with Crippen molar-refractivity contribution in [3.05, 3.63) is 64.5 Å². The molecule has 0 aliphatic heterocycles. The maximum absolute atomic E-state index is 12.4. The van der Waals surface area contributed by atoms with Crippen LogP contribution in [0.1, 0.15) is 25.8 Å². The van der Waals surface area contributed by atoms with Crippen LogP contribution in [0.3, 0.4) is 0 Å². The van der Waals surface area contributed by atoms with Crippen LogP contribution < -0.4 is 15.0 Å². The zero-order valence-electron chi connectivity index (χ0n) is 16.9. The monoisotopic (exact) mass is 409 g/mol. The van der Waals surface area contributed by atoms with Crippen molar-refractivity contribution in [1.29, 1.82) is 0 Å². The van der Waals surface area contributed by atoms with Gasteiger partial charge in [0.25, 0.3) is 5.56 Å². The van der Waals surface area contributed by atoms with E-state index in [1.807, 2.05) is 19.9 Å². The van der Waals surface area contributed by atoms with E-state index >= 15 is 0 Å². The first-order valence-electron chi connectivity index (χ1n) is 9.69. The Balaban J connectivity index is 1.65. The second kappa shape index (κ2) is 10.2. The van der Waals surface area contributed by atoms with Crippen LogP contribution >= 0.6 is 0 Å². The van der Waals surface area contributed by atoms with Crippen LogP contribution in [0, 0.1) is 0 Å². The van der Waals surface area contributed by atoms with Crippen molar-refractivity contribution >= 4 is 22.9 Å². The van der Waals surface area contributed by atoms with Crippen molar-refractivity contribution in [3.63, 3.8) is 0 Å². The van der Waals surface area contributed by atoms with Crippen LogP contribution in [0.4, 0.5) is 0 Å². The van der Waals surface area contributed by atoms with E-state index in [1.54, 1.807) is 42.5 Å². The summed E-state index contributed by atoms with van der Waals surface area (Å²) < 4.78 is 17.4. The molecule has 2 aromatic carbocycles. The molecule has 1 heterocycles. The van der Waals surface area contributed by atoms with Crippen molar-refractivity contribution < 1.29 is 19.0 Å². The third kappa shape index (κ3) is 5.22. The van der Waals surface area contributed by atoms with Gasteiger partial charge >= 0.3 is 5.97 Å². The molecule has 0 saturated heterocycles. The summed E-state index contributed by atoms with van der Waals surface area (Å²) in [5.74, 6) is 0.660. The topological polar surface area (TPSA) is 92.5 Å². The van der Waals surface area contributed by atoms with E-state index in [0.717, 1.165) is 16.7 Å². The van der Waals surface area contributed by atoms with Gasteiger partial charge in [-0.25, -0.2) is 4.79 Å². The van der Waals surface area contributed by atoms with E-state index in [-0.39, 0.29) is 12.3 Å². The Morgan fingerprint density at radius 3 is 2.73 bits per heavy atom. The normalized spacial score (nSPS) is 11.0. The van der Waals surface area contributed by atoms with Crippen LogP contribution in [-0.2, 0) is 16.3 Å². The number of benzene rings is 2. The third-order valence-electron chi connectivity index (χ3n) is 4.10. The summed E-state index contributed by atoms with van der Waals surface area (Å²) in [6.07, 6.45) is 3.77. The molecule has 8 nitrogen and oxygen atoms in total. The Kier molecular flexibility index (Phi) is 7.15. The van der Waals surface area contributed by atoms with Crippen molar-refractivity contribution in [3.8, 4) is 11.5 Å². The van der Waals surface area contributed by atoms with Gasteiger partial charge in [-0.1, -0.05) is 30.3 Å². The molecule has 0 radical (unpaired) electrons. The van der Waals surface area contributed by atoms with E-state index in [2.05, 4.69) is 10.3 Å². The summed E-state index contributed by atoms with van der Waals surface area (Å²) in [6, 6.07) is 12.3. The van der Waals surface area contributed by atoms with E-state index in [9.17, 15) is 9.59 Å². The summed E-state index contributed by atoms with van der Waals surface area (Å²) in [5, 5.41) is 8.14. The van der Waals surface area contributed by atoms with Crippen LogP contribution in [-0.4, -0.2) is 34.2 Å². The number of hydrogen-bond donors (Lipinski definition) is 0. The SMILES string of the molecule is CCCOc1ccc(C=CC(=O)OCn2nnc3ccccc3c2=O)cc1OCC. The second-order valence-corrected chi connectivity index (χ2v) is 6.32. The average Bonchev–Trinajstić information content (AvgIpc) is 2.77. The lowest BCUT2D eigenvalue weighted by atomic mass is 10.2. The fraction of sp³-hybridized carbons (Fsp3) is 0.273. The standard InChI is InChI=1S/C22H23N3O5/c1-3-13-29-19-11-9-16(14-20(19)28-4-2)10-12-21(26)30-15-25-22(27)17-7-5-6-8-18(17)23-24-25/h5-12,14H,3-4,13,15H2,1-2H3. The molecule has 0 bridgehead atoms. The Morgan fingerprint density at radius 1 is 1.10 bits per heavy atom. The van der Waals surface area contributed by atoms with E-state index in [4.69, 9.17) is 14.2 Å². The minimum absolute atomic E-state index is 0.326. The number of hydrogen-bond acceptors (Lipinski definition) is 7. The molecular weight excluding hydrogens is 386 g/mol. The first-order valence-corrected chi connectivity index (χ1v) is 9.69. The summed E-state index contributed by atoms with van der Waals surface area (Å²) in [4.78, 5) is 24.4. The summed E-state index contributed by atoms with van der Waals surface area (Å²) in [5.41, 5.74) is 0.866. The molecule has 0 aliphatic carbocycles. The average molecular weight is 409 g/mol. The zero-order valence-corrected chi connectivity index (χ0v) is 16.9. The number of rotatable bonds is 9. The fourth-order valence-corrected chi connectivity index (χ4v) is 2.67. The van der Waals surface area contributed by atoms with Gasteiger partial charge in [0.15, 0.2) is 18.2 Å². The van der Waals surface area contributed by atoms with Gasteiger partial charge in [0.1, 0.15) is 5.52 Å². The highest BCUT2D eigenvalue weighted by Crippen LogP contribution is 2.29. The molecule has 30 heavy (non-hydrogen) atoms. The van der Waals surface area contributed by atoms with Gasteiger partial charge in [0.05, 0.1) is 18.6 Å². The van der Waals surface area contributed by atoms with E-state index in [1.165, 1.54) is 6.08 Å². The molecule has 3 aromatic rings. The molecule has 0 spiro atoms. The molecular formula is C22H23N3O5. The van der Waals surface area contributed by atoms with Crippen molar-refractivity contribution in [2.24, 2.45) is 0 Å². The van der Waals surface area contributed by atoms with E-state index in [0.29, 0.717) is 35.6 Å². The predicted octanol–water partition coefficient (Wildman–Crippen LogP) is 3.19. The van der Waals surface area contributed by atoms with E-state index < -0.39 is 5.97 Å². The minimum Gasteiger partial charge on any atom is -0.490 e. The Bertz CT molecular complexity index is 1110. The molecule has 3 rings (SSSR count). The second-order valence-electron chi connectivity index (χ2n) is 6.32. The quantitative estimate of drug-likeness (QED) is 0.396. The van der Waals surface area contributed by atoms with Gasteiger partial charge in [-0.3, -0.25) is 4.79 Å². The number of fused-ring (bicyclic) bond motifs is 1. The zero-order chi connectivity index (χ0) is 21.3. The van der Waals surface area contributed by atoms with Crippen LogP contribution in [0.15, 0.2) is 53.3 Å². The highest BCUT2D eigenvalue weighted by atomic mass is 16.5. The lowest BCUT2D eigenvalue weighted by molar-refractivity contribution is -0.141. The van der Waals surface area contributed by atoms with Crippen molar-refractivity contribution in [2.45, 2.75) is 27.0 Å².